The first-order chi connectivity index (χ1) is 15.1. The Bertz CT molecular complexity index is 969. The number of nitrogens with zero attached hydrogens (tertiary/aromatic N) is 2. The molecular formula is C24H29N3O4. The highest BCUT2D eigenvalue weighted by Gasteiger charge is 2.36. The van der Waals surface area contributed by atoms with Crippen LogP contribution in [0.3, 0.4) is 0 Å². The first-order valence-electron chi connectivity index (χ1n) is 10.8. The van der Waals surface area contributed by atoms with Crippen molar-refractivity contribution in [3.63, 3.8) is 0 Å². The molecule has 0 spiro atoms. The zero-order valence-corrected chi connectivity index (χ0v) is 18.0. The molecule has 0 unspecified atom stereocenters. The Morgan fingerprint density at radius 2 is 1.87 bits per heavy atom. The molecule has 2 aliphatic rings. The second-order valence-corrected chi connectivity index (χ2v) is 8.02. The summed E-state index contributed by atoms with van der Waals surface area (Å²) in [5.74, 6) is 1.47. The number of hydrogen-bond donors (Lipinski definition) is 2. The molecule has 2 aromatic rings. The van der Waals surface area contributed by atoms with Crippen LogP contribution in [0.5, 0.6) is 17.2 Å². The fraction of sp³-hybridized carbons (Fsp3) is 0.417. The molecule has 0 radical (unpaired) electrons. The first kappa shape index (κ1) is 21.0. The van der Waals surface area contributed by atoms with Gasteiger partial charge in [-0.1, -0.05) is 37.5 Å². The molecule has 2 N–H and O–H groups in total. The Morgan fingerprint density at radius 1 is 1.10 bits per heavy atom. The topological polar surface area (TPSA) is 83.4 Å². The van der Waals surface area contributed by atoms with Crippen LogP contribution in [0.2, 0.25) is 0 Å². The maximum atomic E-state index is 13.2. The Morgan fingerprint density at radius 3 is 2.58 bits per heavy atom. The summed E-state index contributed by atoms with van der Waals surface area (Å²) in [5, 5.41) is 19.8. The summed E-state index contributed by atoms with van der Waals surface area (Å²) in [7, 11) is 3.20. The van der Waals surface area contributed by atoms with Crippen molar-refractivity contribution in [3.05, 3.63) is 53.6 Å². The second-order valence-electron chi connectivity index (χ2n) is 8.02. The number of phenolic OH excluding ortho intramolecular Hbond substituents is 1. The molecule has 1 heterocycles. The lowest BCUT2D eigenvalue weighted by molar-refractivity contribution is 0.178. The van der Waals surface area contributed by atoms with Crippen LogP contribution in [0.4, 0.5) is 4.79 Å². The summed E-state index contributed by atoms with van der Waals surface area (Å²) in [6.07, 6.45) is 5.93. The summed E-state index contributed by atoms with van der Waals surface area (Å²) >= 11 is 0. The highest BCUT2D eigenvalue weighted by Crippen LogP contribution is 2.39. The summed E-state index contributed by atoms with van der Waals surface area (Å²) in [6.45, 7) is 0. The number of phenols is 1. The molecule has 2 aromatic carbocycles. The van der Waals surface area contributed by atoms with Gasteiger partial charge in [0.2, 0.25) is 0 Å². The van der Waals surface area contributed by atoms with Crippen LogP contribution in [0.25, 0.3) is 0 Å². The molecule has 0 saturated heterocycles. The maximum absolute atomic E-state index is 13.2. The van der Waals surface area contributed by atoms with E-state index in [1.807, 2.05) is 24.3 Å². The molecule has 1 saturated carbocycles. The Hall–Kier alpha value is -3.22. The minimum Gasteiger partial charge on any atom is -0.508 e. The van der Waals surface area contributed by atoms with Crippen molar-refractivity contribution in [2.45, 2.75) is 50.6 Å². The fourth-order valence-corrected chi connectivity index (χ4v) is 4.40. The van der Waals surface area contributed by atoms with E-state index in [2.05, 4.69) is 5.32 Å². The lowest BCUT2D eigenvalue weighted by Crippen LogP contribution is -2.43. The van der Waals surface area contributed by atoms with Crippen molar-refractivity contribution < 1.29 is 19.4 Å². The minimum absolute atomic E-state index is 0.154. The highest BCUT2D eigenvalue weighted by atomic mass is 16.5. The SMILES string of the molecule is COc1ccc(C2=NN(C(=O)NC3CCCCC3)[C@@H](c3ccccc3O)C2)c(OC)c1. The van der Waals surface area contributed by atoms with Gasteiger partial charge in [-0.2, -0.15) is 5.10 Å². The Labute approximate surface area is 182 Å². The predicted molar refractivity (Wildman–Crippen MR) is 119 cm³/mol. The number of methoxy groups -OCH3 is 2. The quantitative estimate of drug-likeness (QED) is 0.736. The smallest absolute Gasteiger partial charge is 0.338 e. The molecule has 1 aliphatic heterocycles. The van der Waals surface area contributed by atoms with Crippen molar-refractivity contribution >= 4 is 11.7 Å². The molecule has 2 amide bonds. The molecule has 164 valence electrons. The van der Waals surface area contributed by atoms with Crippen LogP contribution in [-0.4, -0.2) is 42.1 Å². The Balaban J connectivity index is 1.66. The van der Waals surface area contributed by atoms with Crippen molar-refractivity contribution in [2.75, 3.05) is 14.2 Å². The third-order valence-electron chi connectivity index (χ3n) is 6.07. The summed E-state index contributed by atoms with van der Waals surface area (Å²) in [6, 6.07) is 12.2. The molecule has 4 rings (SSSR count). The summed E-state index contributed by atoms with van der Waals surface area (Å²) in [4.78, 5) is 13.2. The molecule has 31 heavy (non-hydrogen) atoms. The third kappa shape index (κ3) is 4.45. The van der Waals surface area contributed by atoms with E-state index in [4.69, 9.17) is 14.6 Å². The predicted octanol–water partition coefficient (Wildman–Crippen LogP) is 4.60. The van der Waals surface area contributed by atoms with E-state index in [0.29, 0.717) is 23.5 Å². The monoisotopic (exact) mass is 423 g/mol. The maximum Gasteiger partial charge on any atom is 0.338 e. The van der Waals surface area contributed by atoms with Gasteiger partial charge in [0.1, 0.15) is 17.2 Å². The number of aromatic hydroxyl groups is 1. The van der Waals surface area contributed by atoms with Gasteiger partial charge in [0, 0.05) is 29.7 Å². The van der Waals surface area contributed by atoms with Crippen molar-refractivity contribution in [2.24, 2.45) is 5.10 Å². The van der Waals surface area contributed by atoms with E-state index in [1.54, 1.807) is 32.4 Å². The molecule has 0 aromatic heterocycles. The number of rotatable bonds is 5. The average molecular weight is 424 g/mol. The van der Waals surface area contributed by atoms with E-state index in [-0.39, 0.29) is 17.8 Å². The fourth-order valence-electron chi connectivity index (χ4n) is 4.40. The van der Waals surface area contributed by atoms with Gasteiger partial charge in [-0.3, -0.25) is 0 Å². The number of para-hydroxylation sites is 1. The molecule has 1 aliphatic carbocycles. The van der Waals surface area contributed by atoms with Crippen molar-refractivity contribution in [3.8, 4) is 17.2 Å². The molecule has 7 nitrogen and oxygen atoms in total. The average Bonchev–Trinajstić information content (AvgIpc) is 3.24. The van der Waals surface area contributed by atoms with Crippen LogP contribution in [0.15, 0.2) is 47.6 Å². The molecule has 0 bridgehead atoms. The van der Waals surface area contributed by atoms with Crippen LogP contribution < -0.4 is 14.8 Å². The normalized spacial score (nSPS) is 19.1. The van der Waals surface area contributed by atoms with Crippen LogP contribution >= 0.6 is 0 Å². The highest BCUT2D eigenvalue weighted by molar-refractivity contribution is 6.05. The van der Waals surface area contributed by atoms with Crippen LogP contribution in [0.1, 0.15) is 55.7 Å². The van der Waals surface area contributed by atoms with Gasteiger partial charge in [-0.15, -0.1) is 0 Å². The number of ether oxygens (including phenoxy) is 2. The minimum atomic E-state index is -0.397. The van der Waals surface area contributed by atoms with Gasteiger partial charge in [0.15, 0.2) is 0 Å². The van der Waals surface area contributed by atoms with E-state index in [1.165, 1.54) is 11.4 Å². The number of benzene rings is 2. The number of carbonyl (C=O) groups excluding carboxylic acids is 1. The lowest BCUT2D eigenvalue weighted by atomic mass is 9.95. The van der Waals surface area contributed by atoms with Crippen LogP contribution in [0, 0.1) is 0 Å². The second kappa shape index (κ2) is 9.29. The van der Waals surface area contributed by atoms with Gasteiger partial charge >= 0.3 is 6.03 Å². The van der Waals surface area contributed by atoms with E-state index in [9.17, 15) is 9.90 Å². The number of nitrogens with one attached hydrogen (secondary N) is 1. The largest absolute Gasteiger partial charge is 0.508 e. The number of urea groups is 1. The molecule has 7 heteroatoms. The standard InChI is InChI=1S/C24H29N3O4/c1-30-17-12-13-18(23(14-17)31-2)20-15-21(19-10-6-7-11-22(19)28)27(26-20)24(29)25-16-8-4-3-5-9-16/h6-7,10-14,16,21,28H,3-5,8-9,15H2,1-2H3,(H,25,29)/t21-/m1/s1. The molecule has 1 fully saturated rings. The molecular weight excluding hydrogens is 394 g/mol. The lowest BCUT2D eigenvalue weighted by Gasteiger charge is -2.27. The van der Waals surface area contributed by atoms with Crippen molar-refractivity contribution in [1.82, 2.24) is 10.3 Å². The van der Waals surface area contributed by atoms with Crippen LogP contribution in [-0.2, 0) is 0 Å². The van der Waals surface area contributed by atoms with Gasteiger partial charge in [0.25, 0.3) is 0 Å². The van der Waals surface area contributed by atoms with Gasteiger partial charge in [-0.25, -0.2) is 9.80 Å². The van der Waals surface area contributed by atoms with E-state index in [0.717, 1.165) is 37.0 Å². The number of carbonyl (C=O) groups is 1. The van der Waals surface area contributed by atoms with Gasteiger partial charge < -0.3 is 19.9 Å². The molecule has 1 atom stereocenters. The van der Waals surface area contributed by atoms with E-state index >= 15 is 0 Å². The first-order valence-corrected chi connectivity index (χ1v) is 10.8. The zero-order valence-electron chi connectivity index (χ0n) is 18.0. The third-order valence-corrected chi connectivity index (χ3v) is 6.07. The summed E-state index contributed by atoms with van der Waals surface area (Å²) < 4.78 is 10.8. The number of amides is 2. The van der Waals surface area contributed by atoms with Gasteiger partial charge in [-0.05, 0) is 31.0 Å². The van der Waals surface area contributed by atoms with E-state index < -0.39 is 6.04 Å². The summed E-state index contributed by atoms with van der Waals surface area (Å²) in [5.41, 5.74) is 2.20. The zero-order chi connectivity index (χ0) is 21.8. The van der Waals surface area contributed by atoms with Gasteiger partial charge in [0.05, 0.1) is 26.0 Å². The number of hydrazone groups is 1. The Kier molecular flexibility index (Phi) is 6.30. The van der Waals surface area contributed by atoms with Crippen molar-refractivity contribution in [1.29, 1.82) is 0 Å². The number of hydrogen-bond acceptors (Lipinski definition) is 5.